The normalized spacial score (nSPS) is 10.6. The number of carbonyl (C=O) groups excluding carboxylic acids is 1. The molecule has 1 aromatic carbocycles. The van der Waals surface area contributed by atoms with Crippen molar-refractivity contribution in [2.45, 2.75) is 0 Å². The highest BCUT2D eigenvalue weighted by Crippen LogP contribution is 2.17. The predicted molar refractivity (Wildman–Crippen MR) is 88.9 cm³/mol. The Labute approximate surface area is 133 Å². The molecular weight excluding hydrogens is 348 g/mol. The topological polar surface area (TPSA) is 101 Å². The second-order valence-electron chi connectivity index (χ2n) is 4.61. The van der Waals surface area contributed by atoms with Gasteiger partial charge in [0.1, 0.15) is 16.9 Å². The number of amides is 1. The minimum absolute atomic E-state index is 0.00540. The number of nitrogen functional groups attached to an aromatic ring is 1. The maximum Gasteiger partial charge on any atom is 0.263 e. The molecule has 0 aliphatic rings. The minimum Gasteiger partial charge on any atom is -0.384 e. The molecule has 0 unspecified atom stereocenters. The SMILES string of the molecule is Nc1[nH]c2cc(Br)cnc2c(=O)c1C(=O)Nc1ccccc1. The number of pyridine rings is 2. The van der Waals surface area contributed by atoms with Crippen molar-refractivity contribution >= 4 is 44.4 Å². The van der Waals surface area contributed by atoms with E-state index in [1.807, 2.05) is 6.07 Å². The number of aromatic amines is 1. The summed E-state index contributed by atoms with van der Waals surface area (Å²) in [4.78, 5) is 31.6. The molecule has 0 radical (unpaired) electrons. The average molecular weight is 359 g/mol. The van der Waals surface area contributed by atoms with E-state index in [-0.39, 0.29) is 16.9 Å². The highest BCUT2D eigenvalue weighted by atomic mass is 79.9. The molecule has 0 atom stereocenters. The van der Waals surface area contributed by atoms with Crippen LogP contribution in [0.25, 0.3) is 11.0 Å². The summed E-state index contributed by atoms with van der Waals surface area (Å²) >= 11 is 3.27. The van der Waals surface area contributed by atoms with Gasteiger partial charge >= 0.3 is 0 Å². The number of nitrogens with zero attached hydrogens (tertiary/aromatic N) is 1. The zero-order valence-electron chi connectivity index (χ0n) is 11.3. The summed E-state index contributed by atoms with van der Waals surface area (Å²) in [5.74, 6) is -0.567. The van der Waals surface area contributed by atoms with Crippen molar-refractivity contribution in [2.75, 3.05) is 11.1 Å². The Kier molecular flexibility index (Phi) is 3.64. The second-order valence-corrected chi connectivity index (χ2v) is 5.53. The first kappa shape index (κ1) is 14.3. The Bertz CT molecular complexity index is 922. The molecule has 3 aromatic rings. The van der Waals surface area contributed by atoms with E-state index in [1.54, 1.807) is 30.3 Å². The molecule has 3 rings (SSSR count). The van der Waals surface area contributed by atoms with Crippen LogP contribution in [0.1, 0.15) is 10.4 Å². The summed E-state index contributed by atoms with van der Waals surface area (Å²) in [5, 5.41) is 2.64. The number of fused-ring (bicyclic) bond motifs is 1. The van der Waals surface area contributed by atoms with Crippen molar-refractivity contribution in [1.82, 2.24) is 9.97 Å². The van der Waals surface area contributed by atoms with Gasteiger partial charge in [-0.25, -0.2) is 4.98 Å². The molecule has 110 valence electrons. The van der Waals surface area contributed by atoms with Crippen molar-refractivity contribution in [3.8, 4) is 0 Å². The Morgan fingerprint density at radius 1 is 1.27 bits per heavy atom. The minimum atomic E-state index is -0.573. The standard InChI is InChI=1S/C15H11BrN4O2/c16-8-6-10-12(18-7-8)13(21)11(14(17)20-10)15(22)19-9-4-2-1-3-5-9/h1-7H,(H,19,22)(H3,17,20,21). The van der Waals surface area contributed by atoms with Crippen molar-refractivity contribution in [1.29, 1.82) is 0 Å². The smallest absolute Gasteiger partial charge is 0.263 e. The Hall–Kier alpha value is -2.67. The summed E-state index contributed by atoms with van der Waals surface area (Å²) in [6, 6.07) is 10.5. The van der Waals surface area contributed by atoms with Gasteiger partial charge in [-0.15, -0.1) is 0 Å². The van der Waals surface area contributed by atoms with E-state index in [2.05, 4.69) is 31.2 Å². The van der Waals surface area contributed by atoms with E-state index in [4.69, 9.17) is 5.73 Å². The fourth-order valence-electron chi connectivity index (χ4n) is 2.10. The molecule has 0 aliphatic carbocycles. The second kappa shape index (κ2) is 5.61. The first-order chi connectivity index (χ1) is 10.6. The third-order valence-corrected chi connectivity index (χ3v) is 3.53. The van der Waals surface area contributed by atoms with E-state index in [1.165, 1.54) is 6.20 Å². The third kappa shape index (κ3) is 2.58. The summed E-state index contributed by atoms with van der Waals surface area (Å²) in [5.41, 5.74) is 6.39. The molecule has 0 aliphatic heterocycles. The number of nitrogens with one attached hydrogen (secondary N) is 2. The molecule has 22 heavy (non-hydrogen) atoms. The molecule has 1 amide bonds. The van der Waals surface area contributed by atoms with Crippen LogP contribution in [0.5, 0.6) is 0 Å². The molecule has 0 spiro atoms. The van der Waals surface area contributed by atoms with Crippen molar-refractivity contribution in [3.63, 3.8) is 0 Å². The van der Waals surface area contributed by atoms with Crippen LogP contribution >= 0.6 is 15.9 Å². The van der Waals surface area contributed by atoms with Gasteiger partial charge in [0, 0.05) is 16.4 Å². The number of rotatable bonds is 2. The molecule has 2 aromatic heterocycles. The van der Waals surface area contributed by atoms with Gasteiger partial charge in [-0.3, -0.25) is 9.59 Å². The lowest BCUT2D eigenvalue weighted by atomic mass is 10.2. The molecule has 0 saturated carbocycles. The van der Waals surface area contributed by atoms with E-state index in [0.29, 0.717) is 15.7 Å². The highest BCUT2D eigenvalue weighted by Gasteiger charge is 2.18. The van der Waals surface area contributed by atoms with Gasteiger partial charge in [-0.05, 0) is 34.1 Å². The van der Waals surface area contributed by atoms with Gasteiger partial charge in [-0.2, -0.15) is 0 Å². The van der Waals surface area contributed by atoms with Gasteiger partial charge in [0.25, 0.3) is 5.91 Å². The summed E-state index contributed by atoms with van der Waals surface area (Å²) in [6.45, 7) is 0. The summed E-state index contributed by atoms with van der Waals surface area (Å²) in [7, 11) is 0. The van der Waals surface area contributed by atoms with Crippen LogP contribution < -0.4 is 16.5 Å². The van der Waals surface area contributed by atoms with E-state index in [0.717, 1.165) is 0 Å². The van der Waals surface area contributed by atoms with Gasteiger partial charge in [0.05, 0.1) is 5.52 Å². The molecule has 2 heterocycles. The van der Waals surface area contributed by atoms with Crippen LogP contribution in [0.3, 0.4) is 0 Å². The lowest BCUT2D eigenvalue weighted by molar-refractivity contribution is 0.102. The van der Waals surface area contributed by atoms with Gasteiger partial charge in [0.15, 0.2) is 0 Å². The van der Waals surface area contributed by atoms with Gasteiger partial charge < -0.3 is 16.0 Å². The molecule has 0 saturated heterocycles. The zero-order chi connectivity index (χ0) is 15.7. The highest BCUT2D eigenvalue weighted by molar-refractivity contribution is 9.10. The van der Waals surface area contributed by atoms with Crippen LogP contribution in [0.4, 0.5) is 11.5 Å². The molecule has 4 N–H and O–H groups in total. The van der Waals surface area contributed by atoms with Crippen LogP contribution in [0, 0.1) is 0 Å². The lowest BCUT2D eigenvalue weighted by Gasteiger charge is -2.08. The number of halogens is 1. The number of para-hydroxylation sites is 1. The molecule has 6 nitrogen and oxygen atoms in total. The number of aromatic nitrogens is 2. The van der Waals surface area contributed by atoms with Gasteiger partial charge in [0.2, 0.25) is 5.43 Å². The predicted octanol–water partition coefficient (Wildman–Crippen LogP) is 2.52. The van der Waals surface area contributed by atoms with Crippen molar-refractivity contribution < 1.29 is 4.79 Å². The largest absolute Gasteiger partial charge is 0.384 e. The first-order valence-corrected chi connectivity index (χ1v) is 7.19. The van der Waals surface area contributed by atoms with Crippen molar-refractivity contribution in [2.24, 2.45) is 0 Å². The maximum absolute atomic E-state index is 12.5. The molecule has 0 bridgehead atoms. The quantitative estimate of drug-likeness (QED) is 0.654. The number of H-pyrrole nitrogens is 1. The lowest BCUT2D eigenvalue weighted by Crippen LogP contribution is -2.25. The maximum atomic E-state index is 12.5. The van der Waals surface area contributed by atoms with Crippen LogP contribution in [0.15, 0.2) is 51.9 Å². The number of carbonyl (C=O) groups is 1. The van der Waals surface area contributed by atoms with Crippen LogP contribution in [-0.4, -0.2) is 15.9 Å². The van der Waals surface area contributed by atoms with E-state index >= 15 is 0 Å². The summed E-state index contributed by atoms with van der Waals surface area (Å²) in [6.07, 6.45) is 1.49. The van der Waals surface area contributed by atoms with E-state index < -0.39 is 11.3 Å². The monoisotopic (exact) mass is 358 g/mol. The molecule has 0 fully saturated rings. The molecule has 7 heteroatoms. The Morgan fingerprint density at radius 2 is 2.00 bits per heavy atom. The average Bonchev–Trinajstić information content (AvgIpc) is 2.47. The number of hydrogen-bond acceptors (Lipinski definition) is 4. The first-order valence-electron chi connectivity index (χ1n) is 6.39. The molecular formula is C15H11BrN4O2. The van der Waals surface area contributed by atoms with E-state index in [9.17, 15) is 9.59 Å². The summed E-state index contributed by atoms with van der Waals surface area (Å²) < 4.78 is 0.705. The van der Waals surface area contributed by atoms with Crippen LogP contribution in [0.2, 0.25) is 0 Å². The fourth-order valence-corrected chi connectivity index (χ4v) is 2.44. The Morgan fingerprint density at radius 3 is 2.73 bits per heavy atom. The van der Waals surface area contributed by atoms with Gasteiger partial charge in [-0.1, -0.05) is 18.2 Å². The number of hydrogen-bond donors (Lipinski definition) is 3. The number of anilines is 2. The third-order valence-electron chi connectivity index (χ3n) is 3.09. The van der Waals surface area contributed by atoms with Crippen LogP contribution in [-0.2, 0) is 0 Å². The number of benzene rings is 1. The zero-order valence-corrected chi connectivity index (χ0v) is 12.8. The Balaban J connectivity index is 2.09. The number of nitrogens with two attached hydrogens (primary N) is 1. The fraction of sp³-hybridized carbons (Fsp3) is 0. The van der Waals surface area contributed by atoms with Crippen molar-refractivity contribution in [3.05, 3.63) is 62.9 Å².